The molecule has 0 aliphatic heterocycles. The Morgan fingerprint density at radius 2 is 1.73 bits per heavy atom. The van der Waals surface area contributed by atoms with Crippen LogP contribution < -0.4 is 0 Å². The fraction of sp³-hybridized carbons (Fsp3) is 0.600. The smallest absolute Gasteiger partial charge is 0.324 e. The zero-order valence-electron chi connectivity index (χ0n) is 15.4. The maximum absolute atomic E-state index is 11.6. The minimum atomic E-state index is -5.07. The van der Waals surface area contributed by atoms with E-state index in [2.05, 4.69) is 16.4 Å². The van der Waals surface area contributed by atoms with Crippen LogP contribution in [0, 0.1) is 0 Å². The first-order valence-corrected chi connectivity index (χ1v) is 11.3. The largest absolute Gasteiger partial charge is 0.343 e. The van der Waals surface area contributed by atoms with E-state index >= 15 is 0 Å². The second-order valence-electron chi connectivity index (χ2n) is 6.78. The first-order valence-electron chi connectivity index (χ1n) is 8.05. The van der Waals surface area contributed by atoms with Crippen LogP contribution in [0.2, 0.25) is 0 Å². The van der Waals surface area contributed by atoms with Crippen LogP contribution in [0.3, 0.4) is 0 Å². The van der Waals surface area contributed by atoms with E-state index in [-0.39, 0.29) is 5.69 Å². The molecule has 0 saturated heterocycles. The third-order valence-electron chi connectivity index (χ3n) is 4.08. The van der Waals surface area contributed by atoms with Crippen LogP contribution in [0.25, 0.3) is 0 Å². The molecule has 1 aromatic rings. The summed E-state index contributed by atoms with van der Waals surface area (Å²) in [6, 6.07) is 0. The van der Waals surface area contributed by atoms with E-state index in [1.165, 1.54) is 16.5 Å². The van der Waals surface area contributed by atoms with Gasteiger partial charge in [0.25, 0.3) is 0 Å². The van der Waals surface area contributed by atoms with Gasteiger partial charge in [0.1, 0.15) is 0 Å². The summed E-state index contributed by atoms with van der Waals surface area (Å²) in [6.07, 6.45) is 6.81. The molecular formula is C15H27N3O6P2. The number of rotatable bonds is 9. The second-order valence-corrected chi connectivity index (χ2v) is 11.3. The monoisotopic (exact) mass is 407 g/mol. The van der Waals surface area contributed by atoms with Crippen LogP contribution in [-0.4, -0.2) is 39.5 Å². The van der Waals surface area contributed by atoms with E-state index in [1.807, 2.05) is 26.8 Å². The zero-order valence-corrected chi connectivity index (χ0v) is 17.2. The number of aromatic nitrogens is 3. The molecule has 1 rings (SSSR count). The van der Waals surface area contributed by atoms with Crippen molar-refractivity contribution in [1.29, 1.82) is 0 Å². The highest BCUT2D eigenvalue weighted by atomic mass is 31.2. The lowest BCUT2D eigenvalue weighted by Gasteiger charge is -2.29. The van der Waals surface area contributed by atoms with Gasteiger partial charge in [-0.05, 0) is 40.5 Å². The number of allylic oxidation sites excluding steroid dienone is 4. The fourth-order valence-corrected chi connectivity index (χ4v) is 4.26. The third-order valence-corrected chi connectivity index (χ3v) is 8.46. The Balaban J connectivity index is 2.83. The lowest BCUT2D eigenvalue weighted by molar-refractivity contribution is 0.311. The summed E-state index contributed by atoms with van der Waals surface area (Å²) in [5.74, 6) is 0. The molecular weight excluding hydrogens is 380 g/mol. The molecule has 0 amide bonds. The fourth-order valence-electron chi connectivity index (χ4n) is 2.17. The van der Waals surface area contributed by atoms with Crippen molar-refractivity contribution in [3.8, 4) is 0 Å². The molecule has 1 aromatic heterocycles. The Hall–Kier alpha value is -1.08. The lowest BCUT2D eigenvalue weighted by Crippen LogP contribution is -2.28. The van der Waals surface area contributed by atoms with Crippen molar-refractivity contribution in [2.75, 3.05) is 0 Å². The standard InChI is InChI=1S/C15H27N3O6P2/c1-12(2)6-5-7-13(3)8-9-18-11-14(16-17-18)10-15(4,25(19,20)21)26(22,23)24/h6,8,11H,5,7,9-10H2,1-4H3,(H2,19,20,21)(H2,22,23,24). The molecule has 0 atom stereocenters. The Labute approximate surface area is 153 Å². The predicted octanol–water partition coefficient (Wildman–Crippen LogP) is 2.58. The first-order chi connectivity index (χ1) is 11.8. The van der Waals surface area contributed by atoms with Gasteiger partial charge >= 0.3 is 15.2 Å². The Morgan fingerprint density at radius 3 is 2.23 bits per heavy atom. The molecule has 11 heteroatoms. The molecule has 0 unspecified atom stereocenters. The molecule has 9 nitrogen and oxygen atoms in total. The summed E-state index contributed by atoms with van der Waals surface area (Å²) in [5, 5.41) is 7.63. The highest BCUT2D eigenvalue weighted by molar-refractivity contribution is 7.72. The molecule has 0 aliphatic carbocycles. The van der Waals surface area contributed by atoms with Gasteiger partial charge in [-0.3, -0.25) is 9.13 Å². The maximum atomic E-state index is 11.6. The van der Waals surface area contributed by atoms with E-state index in [4.69, 9.17) is 0 Å². The van der Waals surface area contributed by atoms with E-state index in [9.17, 15) is 28.7 Å². The first kappa shape index (κ1) is 23.0. The lowest BCUT2D eigenvalue weighted by atomic mass is 10.1. The highest BCUT2D eigenvalue weighted by Crippen LogP contribution is 2.69. The number of hydrogen-bond donors (Lipinski definition) is 4. The van der Waals surface area contributed by atoms with E-state index < -0.39 is 26.5 Å². The molecule has 0 radical (unpaired) electrons. The van der Waals surface area contributed by atoms with E-state index in [1.54, 1.807) is 0 Å². The normalized spacial score (nSPS) is 13.8. The highest BCUT2D eigenvalue weighted by Gasteiger charge is 2.56. The Kier molecular flexibility index (Phi) is 7.72. The van der Waals surface area contributed by atoms with Crippen molar-refractivity contribution in [2.24, 2.45) is 0 Å². The minimum absolute atomic E-state index is 0.106. The van der Waals surface area contributed by atoms with Crippen LogP contribution in [0.15, 0.2) is 29.5 Å². The number of hydrogen-bond acceptors (Lipinski definition) is 4. The van der Waals surface area contributed by atoms with Gasteiger partial charge in [-0.25, -0.2) is 4.68 Å². The van der Waals surface area contributed by atoms with Crippen molar-refractivity contribution >= 4 is 15.2 Å². The van der Waals surface area contributed by atoms with E-state index in [0.29, 0.717) is 6.54 Å². The SMILES string of the molecule is CC(C)=CCCC(C)=CCn1cc(CC(C)(P(=O)(O)O)P(=O)(O)O)nn1. The summed E-state index contributed by atoms with van der Waals surface area (Å²) < 4.78 is 24.7. The molecule has 0 saturated carbocycles. The molecule has 0 fully saturated rings. The number of nitrogens with zero attached hydrogens (tertiary/aromatic N) is 3. The molecule has 148 valence electrons. The topological polar surface area (TPSA) is 146 Å². The van der Waals surface area contributed by atoms with Gasteiger partial charge in [0.2, 0.25) is 0 Å². The average molecular weight is 407 g/mol. The van der Waals surface area contributed by atoms with Gasteiger partial charge in [-0.2, -0.15) is 0 Å². The van der Waals surface area contributed by atoms with Gasteiger partial charge in [-0.1, -0.05) is 28.5 Å². The predicted molar refractivity (Wildman–Crippen MR) is 98.6 cm³/mol. The van der Waals surface area contributed by atoms with E-state index in [0.717, 1.165) is 25.3 Å². The summed E-state index contributed by atoms with van der Waals surface area (Å²) in [7, 11) is -10.1. The molecule has 1 heterocycles. The summed E-state index contributed by atoms with van der Waals surface area (Å²) in [5.41, 5.74) is 2.53. The van der Waals surface area contributed by atoms with Crippen molar-refractivity contribution < 1.29 is 28.7 Å². The van der Waals surface area contributed by atoms with Gasteiger partial charge in [-0.15, -0.1) is 5.10 Å². The Morgan fingerprint density at radius 1 is 1.15 bits per heavy atom. The summed E-state index contributed by atoms with van der Waals surface area (Å²) in [6.45, 7) is 7.35. The zero-order chi connectivity index (χ0) is 20.2. The van der Waals surface area contributed by atoms with Gasteiger partial charge in [0.15, 0.2) is 4.90 Å². The second kappa shape index (κ2) is 8.74. The van der Waals surface area contributed by atoms with Crippen LogP contribution >= 0.6 is 15.2 Å². The molecule has 0 spiro atoms. The molecule has 4 N–H and O–H groups in total. The molecule has 26 heavy (non-hydrogen) atoms. The van der Waals surface area contributed by atoms with Gasteiger partial charge in [0, 0.05) is 12.6 Å². The Bertz CT molecular complexity index is 748. The summed E-state index contributed by atoms with van der Waals surface area (Å²) in [4.78, 5) is 35.0. The summed E-state index contributed by atoms with van der Waals surface area (Å²) >= 11 is 0. The molecule has 0 bridgehead atoms. The van der Waals surface area contributed by atoms with Gasteiger partial charge < -0.3 is 19.6 Å². The van der Waals surface area contributed by atoms with Crippen molar-refractivity contribution in [3.63, 3.8) is 0 Å². The van der Waals surface area contributed by atoms with Crippen molar-refractivity contribution in [2.45, 2.75) is 58.4 Å². The van der Waals surface area contributed by atoms with Crippen LogP contribution in [0.5, 0.6) is 0 Å². The van der Waals surface area contributed by atoms with Crippen LogP contribution in [-0.2, 0) is 22.1 Å². The van der Waals surface area contributed by atoms with Crippen molar-refractivity contribution in [1.82, 2.24) is 15.0 Å². The maximum Gasteiger partial charge on any atom is 0.343 e. The molecule has 0 aromatic carbocycles. The average Bonchev–Trinajstić information content (AvgIpc) is 2.89. The van der Waals surface area contributed by atoms with Gasteiger partial charge in [0.05, 0.1) is 12.2 Å². The third kappa shape index (κ3) is 6.27. The van der Waals surface area contributed by atoms with Crippen LogP contribution in [0.4, 0.5) is 0 Å². The quantitative estimate of drug-likeness (QED) is 0.361. The van der Waals surface area contributed by atoms with Crippen LogP contribution in [0.1, 0.15) is 46.2 Å². The minimum Gasteiger partial charge on any atom is -0.324 e. The molecule has 0 aliphatic rings. The van der Waals surface area contributed by atoms with Crippen molar-refractivity contribution in [3.05, 3.63) is 35.2 Å².